The Morgan fingerprint density at radius 1 is 1.07 bits per heavy atom. The van der Waals surface area contributed by atoms with Crippen LogP contribution in [-0.4, -0.2) is 21.1 Å². The van der Waals surface area contributed by atoms with Crippen LogP contribution in [0.25, 0.3) is 10.9 Å². The fraction of sp³-hybridized carbons (Fsp3) is 0.136. The second-order valence-electron chi connectivity index (χ2n) is 6.93. The van der Waals surface area contributed by atoms with Gasteiger partial charge in [0.2, 0.25) is 0 Å². The van der Waals surface area contributed by atoms with Gasteiger partial charge in [0.15, 0.2) is 5.82 Å². The van der Waals surface area contributed by atoms with Gasteiger partial charge in [-0.1, -0.05) is 26.0 Å². The van der Waals surface area contributed by atoms with Gasteiger partial charge in [0, 0.05) is 22.8 Å². The number of H-pyrrole nitrogens is 1. The van der Waals surface area contributed by atoms with Crippen molar-refractivity contribution in [2.45, 2.75) is 19.8 Å². The van der Waals surface area contributed by atoms with Crippen LogP contribution in [0.2, 0.25) is 0 Å². The minimum absolute atomic E-state index is 0.171. The Morgan fingerprint density at radius 3 is 2.68 bits per heavy atom. The number of nitrogens with one attached hydrogen (secondary N) is 3. The van der Waals surface area contributed by atoms with Crippen molar-refractivity contribution >= 4 is 34.0 Å². The smallest absolute Gasteiger partial charge is 0.255 e. The molecule has 0 saturated heterocycles. The zero-order valence-electron chi connectivity index (χ0n) is 15.7. The number of hydrogen-bond acceptors (Lipinski definition) is 4. The van der Waals surface area contributed by atoms with E-state index in [4.69, 9.17) is 0 Å². The SMILES string of the molecule is CC(C)c1ccc(C(=O)Nc2cccnc2Nc2ccc3cn[nH]c3c2)cc1. The van der Waals surface area contributed by atoms with Crippen molar-refractivity contribution in [3.8, 4) is 0 Å². The first-order chi connectivity index (χ1) is 13.6. The Hall–Kier alpha value is -3.67. The van der Waals surface area contributed by atoms with Crippen LogP contribution in [0.3, 0.4) is 0 Å². The predicted molar refractivity (Wildman–Crippen MR) is 112 cm³/mol. The zero-order chi connectivity index (χ0) is 19.5. The highest BCUT2D eigenvalue weighted by Gasteiger charge is 2.11. The van der Waals surface area contributed by atoms with Crippen molar-refractivity contribution in [3.63, 3.8) is 0 Å². The Balaban J connectivity index is 1.54. The van der Waals surface area contributed by atoms with Gasteiger partial charge in [-0.05, 0) is 53.9 Å². The molecule has 140 valence electrons. The highest BCUT2D eigenvalue weighted by atomic mass is 16.1. The summed E-state index contributed by atoms with van der Waals surface area (Å²) in [6.45, 7) is 4.26. The molecule has 28 heavy (non-hydrogen) atoms. The average Bonchev–Trinajstić information content (AvgIpc) is 3.17. The molecule has 0 aliphatic heterocycles. The Labute approximate surface area is 163 Å². The summed E-state index contributed by atoms with van der Waals surface area (Å²) in [7, 11) is 0. The van der Waals surface area contributed by atoms with Crippen molar-refractivity contribution in [1.29, 1.82) is 0 Å². The number of aromatic nitrogens is 3. The standard InChI is InChI=1S/C22H21N5O/c1-14(2)15-5-7-16(8-6-15)22(28)26-19-4-3-11-23-21(19)25-18-10-9-17-13-24-27-20(17)12-18/h3-14H,1-2H3,(H,23,25)(H,24,27)(H,26,28). The fourth-order valence-corrected chi connectivity index (χ4v) is 2.97. The Morgan fingerprint density at radius 2 is 1.89 bits per heavy atom. The second-order valence-corrected chi connectivity index (χ2v) is 6.93. The van der Waals surface area contributed by atoms with E-state index in [1.165, 1.54) is 5.56 Å². The fourth-order valence-electron chi connectivity index (χ4n) is 2.97. The van der Waals surface area contributed by atoms with Gasteiger partial charge in [0.25, 0.3) is 5.91 Å². The summed E-state index contributed by atoms with van der Waals surface area (Å²) in [6, 6.07) is 17.2. The van der Waals surface area contributed by atoms with Crippen LogP contribution < -0.4 is 10.6 Å². The number of anilines is 3. The molecule has 6 heteroatoms. The first kappa shape index (κ1) is 17.7. The number of benzene rings is 2. The normalized spacial score (nSPS) is 11.0. The van der Waals surface area contributed by atoms with Crippen LogP contribution >= 0.6 is 0 Å². The van der Waals surface area contributed by atoms with E-state index in [9.17, 15) is 4.79 Å². The lowest BCUT2D eigenvalue weighted by molar-refractivity contribution is 0.102. The summed E-state index contributed by atoms with van der Waals surface area (Å²) in [5, 5.41) is 14.2. The molecular formula is C22H21N5O. The van der Waals surface area contributed by atoms with Crippen LogP contribution in [0, 0.1) is 0 Å². The van der Waals surface area contributed by atoms with Gasteiger partial charge in [-0.3, -0.25) is 9.89 Å². The molecule has 0 saturated carbocycles. The summed E-state index contributed by atoms with van der Waals surface area (Å²) in [6.07, 6.45) is 3.46. The third-order valence-electron chi connectivity index (χ3n) is 4.60. The van der Waals surface area contributed by atoms with Crippen LogP contribution in [0.4, 0.5) is 17.2 Å². The molecule has 0 unspecified atom stereocenters. The third kappa shape index (κ3) is 3.71. The molecule has 2 aromatic carbocycles. The Bertz CT molecular complexity index is 1120. The maximum atomic E-state index is 12.7. The van der Waals surface area contributed by atoms with Crippen molar-refractivity contribution in [2.24, 2.45) is 0 Å². The molecule has 0 spiro atoms. The van der Waals surface area contributed by atoms with Gasteiger partial charge in [-0.15, -0.1) is 0 Å². The van der Waals surface area contributed by atoms with Crippen LogP contribution in [0.1, 0.15) is 35.7 Å². The Kier molecular flexibility index (Phi) is 4.76. The van der Waals surface area contributed by atoms with Crippen molar-refractivity contribution in [1.82, 2.24) is 15.2 Å². The number of carbonyl (C=O) groups is 1. The quantitative estimate of drug-likeness (QED) is 0.457. The molecule has 0 radical (unpaired) electrons. The largest absolute Gasteiger partial charge is 0.338 e. The van der Waals surface area contributed by atoms with E-state index >= 15 is 0 Å². The third-order valence-corrected chi connectivity index (χ3v) is 4.60. The molecule has 0 fully saturated rings. The van der Waals surface area contributed by atoms with Crippen LogP contribution in [-0.2, 0) is 0 Å². The van der Waals surface area contributed by atoms with Gasteiger partial charge in [0.1, 0.15) is 0 Å². The summed E-state index contributed by atoms with van der Waals surface area (Å²) in [5.41, 5.74) is 4.21. The number of rotatable bonds is 5. The number of aromatic amines is 1. The molecule has 0 atom stereocenters. The van der Waals surface area contributed by atoms with E-state index in [1.54, 1.807) is 18.5 Å². The summed E-state index contributed by atoms with van der Waals surface area (Å²) >= 11 is 0. The topological polar surface area (TPSA) is 82.7 Å². The minimum Gasteiger partial charge on any atom is -0.338 e. The zero-order valence-corrected chi connectivity index (χ0v) is 15.7. The van der Waals surface area contributed by atoms with Crippen molar-refractivity contribution in [3.05, 3.63) is 78.1 Å². The molecule has 4 rings (SSSR count). The summed E-state index contributed by atoms with van der Waals surface area (Å²) in [5.74, 6) is 0.835. The van der Waals surface area contributed by atoms with E-state index in [0.29, 0.717) is 23.0 Å². The first-order valence-corrected chi connectivity index (χ1v) is 9.16. The lowest BCUT2D eigenvalue weighted by atomic mass is 10.0. The van der Waals surface area contributed by atoms with Crippen molar-refractivity contribution in [2.75, 3.05) is 10.6 Å². The monoisotopic (exact) mass is 371 g/mol. The molecule has 3 N–H and O–H groups in total. The molecule has 6 nitrogen and oxygen atoms in total. The van der Waals surface area contributed by atoms with E-state index < -0.39 is 0 Å². The molecule has 0 aliphatic carbocycles. The lowest BCUT2D eigenvalue weighted by Gasteiger charge is -2.12. The maximum absolute atomic E-state index is 12.7. The molecule has 2 heterocycles. The molecule has 0 aliphatic rings. The van der Waals surface area contributed by atoms with E-state index in [2.05, 4.69) is 39.7 Å². The van der Waals surface area contributed by atoms with Gasteiger partial charge < -0.3 is 10.6 Å². The second kappa shape index (κ2) is 7.52. The first-order valence-electron chi connectivity index (χ1n) is 9.16. The lowest BCUT2D eigenvalue weighted by Crippen LogP contribution is -2.13. The summed E-state index contributed by atoms with van der Waals surface area (Å²) in [4.78, 5) is 17.0. The van der Waals surface area contributed by atoms with E-state index in [1.807, 2.05) is 48.5 Å². The van der Waals surface area contributed by atoms with Crippen LogP contribution in [0.15, 0.2) is 67.0 Å². The number of pyridine rings is 1. The van der Waals surface area contributed by atoms with Gasteiger partial charge in [0.05, 0.1) is 17.4 Å². The number of nitrogens with zero attached hydrogens (tertiary/aromatic N) is 2. The van der Waals surface area contributed by atoms with Crippen molar-refractivity contribution < 1.29 is 4.79 Å². The molecule has 4 aromatic rings. The predicted octanol–water partition coefficient (Wildman–Crippen LogP) is 5.08. The van der Waals surface area contributed by atoms with Gasteiger partial charge >= 0.3 is 0 Å². The molecule has 2 aromatic heterocycles. The number of fused-ring (bicyclic) bond motifs is 1. The van der Waals surface area contributed by atoms with Crippen LogP contribution in [0.5, 0.6) is 0 Å². The average molecular weight is 371 g/mol. The number of hydrogen-bond donors (Lipinski definition) is 3. The van der Waals surface area contributed by atoms with Gasteiger partial charge in [-0.2, -0.15) is 5.10 Å². The van der Waals surface area contributed by atoms with Gasteiger partial charge in [-0.25, -0.2) is 4.98 Å². The van der Waals surface area contributed by atoms with E-state index in [0.717, 1.165) is 16.6 Å². The number of carbonyl (C=O) groups excluding carboxylic acids is 1. The number of amides is 1. The molecule has 1 amide bonds. The van der Waals surface area contributed by atoms with E-state index in [-0.39, 0.29) is 5.91 Å². The molecule has 0 bridgehead atoms. The maximum Gasteiger partial charge on any atom is 0.255 e. The highest BCUT2D eigenvalue weighted by molar-refractivity contribution is 6.05. The highest BCUT2D eigenvalue weighted by Crippen LogP contribution is 2.25. The summed E-state index contributed by atoms with van der Waals surface area (Å²) < 4.78 is 0. The molecular weight excluding hydrogens is 350 g/mol. The minimum atomic E-state index is -0.171.